The second-order valence-corrected chi connectivity index (χ2v) is 8.62. The fourth-order valence-electron chi connectivity index (χ4n) is 3.59. The Labute approximate surface area is 219 Å². The topological polar surface area (TPSA) is 128 Å². The molecule has 3 aromatic rings. The van der Waals surface area contributed by atoms with Gasteiger partial charge >= 0.3 is 6.03 Å². The Balaban J connectivity index is 1.65. The van der Waals surface area contributed by atoms with Gasteiger partial charge in [-0.15, -0.1) is 0 Å². The molecule has 4 amide bonds. The molecule has 1 heterocycles. The first-order valence-corrected chi connectivity index (χ1v) is 11.9. The highest BCUT2D eigenvalue weighted by Gasteiger charge is 2.37. The molecule has 11 heteroatoms. The molecule has 37 heavy (non-hydrogen) atoms. The van der Waals surface area contributed by atoms with Crippen LogP contribution in [0.3, 0.4) is 0 Å². The maximum atomic E-state index is 13.2. The number of benzene rings is 3. The van der Waals surface area contributed by atoms with Gasteiger partial charge in [0.2, 0.25) is 0 Å². The second kappa shape index (κ2) is 11.0. The summed E-state index contributed by atoms with van der Waals surface area (Å²) in [5, 5.41) is 13.1. The van der Waals surface area contributed by atoms with Gasteiger partial charge in [-0.2, -0.15) is 0 Å². The molecule has 0 bridgehead atoms. The number of nitrogens with one attached hydrogen (secondary N) is 1. The molecule has 0 aliphatic carbocycles. The Hall–Kier alpha value is -4.51. The third kappa shape index (κ3) is 5.67. The molecule has 1 fully saturated rings. The fourth-order valence-corrected chi connectivity index (χ4v) is 4.16. The number of amides is 4. The number of rotatable bonds is 8. The highest BCUT2D eigenvalue weighted by atomic mass is 79.9. The first-order valence-electron chi connectivity index (χ1n) is 11.1. The SMILES string of the molecule is CCOc1cc(/C=C2\C(=O)NC(=O)N(c3ccc([N+](=O)[O-])cc3)C2=O)cc(Br)c1OCc1ccccc1. The summed E-state index contributed by atoms with van der Waals surface area (Å²) in [5.41, 5.74) is 0.975. The molecule has 1 N–H and O–H groups in total. The van der Waals surface area contributed by atoms with E-state index in [9.17, 15) is 24.5 Å². The minimum absolute atomic E-state index is 0.0762. The second-order valence-electron chi connectivity index (χ2n) is 7.77. The number of hydrogen-bond acceptors (Lipinski definition) is 7. The Morgan fingerprint density at radius 3 is 2.38 bits per heavy atom. The van der Waals surface area contributed by atoms with Crippen molar-refractivity contribution in [1.29, 1.82) is 0 Å². The van der Waals surface area contributed by atoms with Gasteiger partial charge in [-0.1, -0.05) is 30.3 Å². The first-order chi connectivity index (χ1) is 17.8. The van der Waals surface area contributed by atoms with Crippen molar-refractivity contribution in [3.63, 3.8) is 0 Å². The molecule has 0 aromatic heterocycles. The van der Waals surface area contributed by atoms with Gasteiger partial charge in [-0.05, 0) is 64.3 Å². The van der Waals surface area contributed by atoms with Gasteiger partial charge in [0.1, 0.15) is 12.2 Å². The molecule has 1 aliphatic rings. The lowest BCUT2D eigenvalue weighted by Crippen LogP contribution is -2.54. The first kappa shape index (κ1) is 25.6. The number of halogens is 1. The van der Waals surface area contributed by atoms with Crippen molar-refractivity contribution in [2.24, 2.45) is 0 Å². The fraction of sp³-hybridized carbons (Fsp3) is 0.115. The van der Waals surface area contributed by atoms with Crippen LogP contribution >= 0.6 is 15.9 Å². The number of carbonyl (C=O) groups is 3. The van der Waals surface area contributed by atoms with Crippen LogP contribution in [-0.4, -0.2) is 29.4 Å². The van der Waals surface area contributed by atoms with Crippen LogP contribution in [0.4, 0.5) is 16.2 Å². The average Bonchev–Trinajstić information content (AvgIpc) is 2.87. The predicted octanol–water partition coefficient (Wildman–Crippen LogP) is 5.00. The summed E-state index contributed by atoms with van der Waals surface area (Å²) < 4.78 is 12.2. The number of nitro groups is 1. The summed E-state index contributed by atoms with van der Waals surface area (Å²) in [7, 11) is 0. The Bertz CT molecular complexity index is 1410. The number of imide groups is 2. The molecular formula is C26H20BrN3O7. The van der Waals surface area contributed by atoms with Crippen molar-refractivity contribution < 1.29 is 28.8 Å². The van der Waals surface area contributed by atoms with E-state index in [-0.39, 0.29) is 16.9 Å². The maximum absolute atomic E-state index is 13.2. The lowest BCUT2D eigenvalue weighted by Gasteiger charge is -2.26. The molecule has 3 aromatic carbocycles. The zero-order valence-electron chi connectivity index (χ0n) is 19.5. The molecule has 1 saturated heterocycles. The zero-order chi connectivity index (χ0) is 26.5. The number of barbiturate groups is 1. The number of ether oxygens (including phenoxy) is 2. The van der Waals surface area contributed by atoms with Crippen LogP contribution in [0.2, 0.25) is 0 Å². The van der Waals surface area contributed by atoms with Crippen LogP contribution in [0, 0.1) is 10.1 Å². The van der Waals surface area contributed by atoms with Crippen molar-refractivity contribution in [1.82, 2.24) is 5.32 Å². The molecule has 0 saturated carbocycles. The van der Waals surface area contributed by atoms with Crippen molar-refractivity contribution in [3.8, 4) is 11.5 Å². The van der Waals surface area contributed by atoms with Crippen LogP contribution < -0.4 is 19.7 Å². The van der Waals surface area contributed by atoms with E-state index in [1.807, 2.05) is 37.3 Å². The van der Waals surface area contributed by atoms with E-state index >= 15 is 0 Å². The number of hydrogen-bond donors (Lipinski definition) is 1. The number of nitrogens with zero attached hydrogens (tertiary/aromatic N) is 2. The zero-order valence-corrected chi connectivity index (χ0v) is 21.1. The minimum atomic E-state index is -0.957. The van der Waals surface area contributed by atoms with E-state index in [4.69, 9.17) is 9.47 Å². The summed E-state index contributed by atoms with van der Waals surface area (Å²) >= 11 is 3.47. The highest BCUT2D eigenvalue weighted by molar-refractivity contribution is 9.10. The van der Waals surface area contributed by atoms with Crippen LogP contribution in [0.25, 0.3) is 6.08 Å². The summed E-state index contributed by atoms with van der Waals surface area (Å²) in [5.74, 6) is -0.894. The average molecular weight is 566 g/mol. The van der Waals surface area contributed by atoms with Gasteiger partial charge in [0.25, 0.3) is 17.5 Å². The molecule has 10 nitrogen and oxygen atoms in total. The van der Waals surface area contributed by atoms with E-state index in [1.165, 1.54) is 18.2 Å². The third-order valence-electron chi connectivity index (χ3n) is 5.29. The molecule has 0 atom stereocenters. The minimum Gasteiger partial charge on any atom is -0.490 e. The van der Waals surface area contributed by atoms with Crippen LogP contribution in [-0.2, 0) is 16.2 Å². The van der Waals surface area contributed by atoms with E-state index < -0.39 is 22.8 Å². The third-order valence-corrected chi connectivity index (χ3v) is 5.88. The van der Waals surface area contributed by atoms with Gasteiger partial charge in [-0.3, -0.25) is 25.0 Å². The maximum Gasteiger partial charge on any atom is 0.335 e. The van der Waals surface area contributed by atoms with E-state index in [2.05, 4.69) is 21.2 Å². The largest absolute Gasteiger partial charge is 0.490 e. The number of carbonyl (C=O) groups excluding carboxylic acids is 3. The molecule has 4 rings (SSSR count). The molecule has 188 valence electrons. The summed E-state index contributed by atoms with van der Waals surface area (Å²) in [6, 6.07) is 16.7. The normalized spacial score (nSPS) is 14.5. The van der Waals surface area contributed by atoms with Crippen LogP contribution in [0.5, 0.6) is 11.5 Å². The number of urea groups is 1. The predicted molar refractivity (Wildman–Crippen MR) is 138 cm³/mol. The van der Waals surface area contributed by atoms with E-state index in [0.29, 0.717) is 34.7 Å². The van der Waals surface area contributed by atoms with Crippen molar-refractivity contribution in [3.05, 3.63) is 98.0 Å². The lowest BCUT2D eigenvalue weighted by atomic mass is 10.1. The summed E-state index contributed by atoms with van der Waals surface area (Å²) in [4.78, 5) is 49.2. The van der Waals surface area contributed by atoms with Gasteiger partial charge < -0.3 is 9.47 Å². The summed E-state index contributed by atoms with van der Waals surface area (Å²) in [6.07, 6.45) is 1.33. The Morgan fingerprint density at radius 2 is 1.73 bits per heavy atom. The highest BCUT2D eigenvalue weighted by Crippen LogP contribution is 2.38. The Morgan fingerprint density at radius 1 is 1.03 bits per heavy atom. The van der Waals surface area contributed by atoms with Crippen LogP contribution in [0.1, 0.15) is 18.1 Å². The number of anilines is 1. The molecule has 0 unspecified atom stereocenters. The lowest BCUT2D eigenvalue weighted by molar-refractivity contribution is -0.384. The molecular weight excluding hydrogens is 546 g/mol. The number of nitro benzene ring substituents is 1. The van der Waals surface area contributed by atoms with Crippen molar-refractivity contribution >= 4 is 51.2 Å². The van der Waals surface area contributed by atoms with E-state index in [0.717, 1.165) is 22.6 Å². The van der Waals surface area contributed by atoms with Crippen molar-refractivity contribution in [2.45, 2.75) is 13.5 Å². The van der Waals surface area contributed by atoms with Crippen LogP contribution in [0.15, 0.2) is 76.8 Å². The van der Waals surface area contributed by atoms with Gasteiger partial charge in [0, 0.05) is 12.1 Å². The molecule has 0 spiro atoms. The van der Waals surface area contributed by atoms with Crippen molar-refractivity contribution in [2.75, 3.05) is 11.5 Å². The quantitative estimate of drug-likeness (QED) is 0.176. The van der Waals surface area contributed by atoms with E-state index in [1.54, 1.807) is 12.1 Å². The standard InChI is InChI=1S/C26H20BrN3O7/c1-2-36-22-14-17(13-21(27)23(22)37-15-16-6-4-3-5-7-16)12-20-24(31)28-26(33)29(25(20)32)18-8-10-19(11-9-18)30(34)35/h3-14H,2,15H2,1H3,(H,28,31,33)/b20-12+. The monoisotopic (exact) mass is 565 g/mol. The Kier molecular flexibility index (Phi) is 7.63. The number of non-ortho nitro benzene ring substituents is 1. The summed E-state index contributed by atoms with van der Waals surface area (Å²) in [6.45, 7) is 2.45. The molecule has 0 radical (unpaired) electrons. The van der Waals surface area contributed by atoms with Gasteiger partial charge in [-0.25, -0.2) is 9.69 Å². The molecule has 1 aliphatic heterocycles. The van der Waals surface area contributed by atoms with Gasteiger partial charge in [0.05, 0.1) is 21.7 Å². The smallest absolute Gasteiger partial charge is 0.335 e. The van der Waals surface area contributed by atoms with Gasteiger partial charge in [0.15, 0.2) is 11.5 Å².